The maximum Gasteiger partial charge on any atom is 0.180 e. The lowest BCUT2D eigenvalue weighted by molar-refractivity contribution is 0.766. The van der Waals surface area contributed by atoms with Gasteiger partial charge in [0.15, 0.2) is 5.82 Å². The molecule has 18 heavy (non-hydrogen) atoms. The van der Waals surface area contributed by atoms with Gasteiger partial charge in [-0.2, -0.15) is 5.10 Å². The highest BCUT2D eigenvalue weighted by molar-refractivity contribution is 5.57. The quantitative estimate of drug-likeness (QED) is 0.635. The third-order valence-corrected chi connectivity index (χ3v) is 2.90. The van der Waals surface area contributed by atoms with Gasteiger partial charge in [0.05, 0.1) is 0 Å². The molecule has 0 aliphatic heterocycles. The second-order valence-corrected chi connectivity index (χ2v) is 4.53. The lowest BCUT2D eigenvalue weighted by Crippen LogP contribution is -2.15. The molecule has 0 bridgehead atoms. The van der Waals surface area contributed by atoms with Gasteiger partial charge in [0, 0.05) is 24.5 Å². The number of nitrogens with two attached hydrogens (primary N) is 1. The molecule has 2 heterocycles. The van der Waals surface area contributed by atoms with Gasteiger partial charge in [0.1, 0.15) is 11.5 Å². The van der Waals surface area contributed by atoms with Crippen LogP contribution in [-0.4, -0.2) is 19.7 Å². The predicted molar refractivity (Wildman–Crippen MR) is 70.9 cm³/mol. The van der Waals surface area contributed by atoms with Gasteiger partial charge in [0.2, 0.25) is 0 Å². The van der Waals surface area contributed by atoms with Crippen LogP contribution in [0.1, 0.15) is 31.0 Å². The molecule has 2 aromatic rings. The average Bonchev–Trinajstić information content (AvgIpc) is 2.73. The topological polar surface area (TPSA) is 81.7 Å². The highest BCUT2D eigenvalue weighted by atomic mass is 15.3. The zero-order valence-corrected chi connectivity index (χ0v) is 11.1. The van der Waals surface area contributed by atoms with Gasteiger partial charge in [-0.05, 0) is 18.9 Å². The Morgan fingerprint density at radius 2 is 2.06 bits per heavy atom. The molecule has 6 nitrogen and oxygen atoms in total. The van der Waals surface area contributed by atoms with E-state index in [2.05, 4.69) is 34.3 Å². The Bertz CT molecular complexity index is 558. The van der Waals surface area contributed by atoms with Crippen LogP contribution >= 0.6 is 0 Å². The molecule has 3 N–H and O–H groups in total. The number of anilines is 1. The highest BCUT2D eigenvalue weighted by Gasteiger charge is 2.16. The summed E-state index contributed by atoms with van der Waals surface area (Å²) in [6, 6.07) is 1.88. The van der Waals surface area contributed by atoms with Crippen LogP contribution in [0.25, 0.3) is 11.5 Å². The Labute approximate surface area is 106 Å². The summed E-state index contributed by atoms with van der Waals surface area (Å²) in [5.41, 5.74) is 5.50. The number of nitrogens with zero attached hydrogens (tertiary/aromatic N) is 4. The van der Waals surface area contributed by atoms with E-state index in [9.17, 15) is 0 Å². The van der Waals surface area contributed by atoms with Gasteiger partial charge in [-0.3, -0.25) is 4.68 Å². The molecule has 0 radical (unpaired) electrons. The summed E-state index contributed by atoms with van der Waals surface area (Å²) in [5, 5.41) is 4.12. The summed E-state index contributed by atoms with van der Waals surface area (Å²) in [7, 11) is 1.86. The molecule has 0 aromatic carbocycles. The number of nitrogens with one attached hydrogen (secondary N) is 1. The van der Waals surface area contributed by atoms with E-state index in [0.717, 1.165) is 17.0 Å². The Morgan fingerprint density at radius 1 is 1.33 bits per heavy atom. The number of nitrogen functional groups attached to an aromatic ring is 1. The van der Waals surface area contributed by atoms with Crippen LogP contribution in [0.15, 0.2) is 12.3 Å². The predicted octanol–water partition coefficient (Wildman–Crippen LogP) is 1.59. The van der Waals surface area contributed by atoms with Crippen LogP contribution in [-0.2, 0) is 7.05 Å². The number of rotatable bonds is 3. The van der Waals surface area contributed by atoms with E-state index in [4.69, 9.17) is 5.84 Å². The fraction of sp³-hybridized carbons (Fsp3) is 0.417. The van der Waals surface area contributed by atoms with Crippen LogP contribution in [0.4, 0.5) is 5.82 Å². The van der Waals surface area contributed by atoms with Crippen LogP contribution in [0.3, 0.4) is 0 Å². The van der Waals surface area contributed by atoms with Crippen molar-refractivity contribution in [2.75, 3.05) is 5.43 Å². The maximum atomic E-state index is 5.55. The number of hydrazine groups is 1. The summed E-state index contributed by atoms with van der Waals surface area (Å²) in [6.07, 6.45) is 1.72. The molecule has 0 atom stereocenters. The third-order valence-electron chi connectivity index (χ3n) is 2.90. The molecule has 0 fully saturated rings. The van der Waals surface area contributed by atoms with Gasteiger partial charge < -0.3 is 5.43 Å². The van der Waals surface area contributed by atoms with Crippen molar-refractivity contribution in [3.63, 3.8) is 0 Å². The Hall–Kier alpha value is -1.95. The normalized spacial score (nSPS) is 11.0. The lowest BCUT2D eigenvalue weighted by Gasteiger charge is -2.15. The van der Waals surface area contributed by atoms with Gasteiger partial charge in [0.25, 0.3) is 0 Å². The zero-order chi connectivity index (χ0) is 13.3. The van der Waals surface area contributed by atoms with Crippen molar-refractivity contribution in [3.8, 4) is 11.5 Å². The van der Waals surface area contributed by atoms with E-state index in [1.807, 2.05) is 20.0 Å². The molecular formula is C12H18N6. The molecule has 2 rings (SSSR count). The van der Waals surface area contributed by atoms with Gasteiger partial charge in [-0.25, -0.2) is 15.8 Å². The lowest BCUT2D eigenvalue weighted by atomic mass is 10.0. The second kappa shape index (κ2) is 4.73. The molecule has 96 valence electrons. The number of hydrogen-bond acceptors (Lipinski definition) is 5. The largest absolute Gasteiger partial charge is 0.308 e. The van der Waals surface area contributed by atoms with E-state index < -0.39 is 0 Å². The molecule has 0 aliphatic rings. The molecule has 6 heteroatoms. The third kappa shape index (κ3) is 2.06. The summed E-state index contributed by atoms with van der Waals surface area (Å²) in [4.78, 5) is 9.01. The first-order valence-corrected chi connectivity index (χ1v) is 5.88. The van der Waals surface area contributed by atoms with E-state index >= 15 is 0 Å². The first kappa shape index (κ1) is 12.5. The maximum absolute atomic E-state index is 5.55. The minimum atomic E-state index is 0.316. The molecule has 0 aliphatic carbocycles. The van der Waals surface area contributed by atoms with Crippen LogP contribution in [0, 0.1) is 6.92 Å². The van der Waals surface area contributed by atoms with Crippen molar-refractivity contribution >= 4 is 5.82 Å². The molecule has 0 amide bonds. The van der Waals surface area contributed by atoms with Crippen LogP contribution < -0.4 is 11.3 Å². The highest BCUT2D eigenvalue weighted by Crippen LogP contribution is 2.27. The van der Waals surface area contributed by atoms with E-state index in [1.165, 1.54) is 0 Å². The summed E-state index contributed by atoms with van der Waals surface area (Å²) in [6.45, 7) is 6.16. The molecule has 0 unspecified atom stereocenters. The average molecular weight is 246 g/mol. The first-order valence-electron chi connectivity index (χ1n) is 5.88. The number of hydrogen-bond donors (Lipinski definition) is 2. The summed E-state index contributed by atoms with van der Waals surface area (Å²) in [5.74, 6) is 7.18. The van der Waals surface area contributed by atoms with Crippen molar-refractivity contribution in [2.24, 2.45) is 12.9 Å². The molecular weight excluding hydrogens is 228 g/mol. The van der Waals surface area contributed by atoms with Gasteiger partial charge >= 0.3 is 0 Å². The van der Waals surface area contributed by atoms with Gasteiger partial charge in [-0.15, -0.1) is 0 Å². The smallest absolute Gasteiger partial charge is 0.180 e. The Morgan fingerprint density at radius 3 is 2.56 bits per heavy atom. The summed E-state index contributed by atoms with van der Waals surface area (Å²) >= 11 is 0. The van der Waals surface area contributed by atoms with E-state index in [-0.39, 0.29) is 0 Å². The standard InChI is InChI=1S/C12H18N6/c1-7(2)10-8(3)15-11(16-12(10)17-13)9-5-6-14-18(9)4/h5-7H,13H2,1-4H3,(H,15,16,17). The van der Waals surface area contributed by atoms with Crippen LogP contribution in [0.2, 0.25) is 0 Å². The van der Waals surface area contributed by atoms with Crippen molar-refractivity contribution < 1.29 is 0 Å². The Balaban J connectivity index is 2.60. The first-order chi connectivity index (χ1) is 8.54. The summed E-state index contributed by atoms with van der Waals surface area (Å²) < 4.78 is 1.74. The van der Waals surface area contributed by atoms with E-state index in [1.54, 1.807) is 10.9 Å². The second-order valence-electron chi connectivity index (χ2n) is 4.53. The van der Waals surface area contributed by atoms with Crippen molar-refractivity contribution in [3.05, 3.63) is 23.5 Å². The van der Waals surface area contributed by atoms with E-state index in [0.29, 0.717) is 17.6 Å². The molecule has 0 saturated carbocycles. The number of aromatic nitrogens is 4. The fourth-order valence-corrected chi connectivity index (χ4v) is 2.09. The fourth-order valence-electron chi connectivity index (χ4n) is 2.09. The minimum absolute atomic E-state index is 0.316. The van der Waals surface area contributed by atoms with Crippen molar-refractivity contribution in [2.45, 2.75) is 26.7 Å². The SMILES string of the molecule is Cc1nc(-c2ccnn2C)nc(NN)c1C(C)C. The van der Waals surface area contributed by atoms with Gasteiger partial charge in [-0.1, -0.05) is 13.8 Å². The number of aryl methyl sites for hydroxylation is 2. The molecule has 2 aromatic heterocycles. The van der Waals surface area contributed by atoms with Crippen molar-refractivity contribution in [1.29, 1.82) is 0 Å². The zero-order valence-electron chi connectivity index (χ0n) is 11.1. The molecule has 0 spiro atoms. The monoisotopic (exact) mass is 246 g/mol. The molecule has 0 saturated heterocycles. The minimum Gasteiger partial charge on any atom is -0.308 e. The van der Waals surface area contributed by atoms with Crippen molar-refractivity contribution in [1.82, 2.24) is 19.7 Å². The Kier molecular flexibility index (Phi) is 3.29. The van der Waals surface area contributed by atoms with Crippen LogP contribution in [0.5, 0.6) is 0 Å².